The zero-order valence-electron chi connectivity index (χ0n) is 14.5. The van der Waals surface area contributed by atoms with Crippen molar-refractivity contribution in [2.24, 2.45) is 4.99 Å². The van der Waals surface area contributed by atoms with Gasteiger partial charge in [0.25, 0.3) is 10.1 Å². The predicted molar refractivity (Wildman–Crippen MR) is 107 cm³/mol. The topological polar surface area (TPSA) is 128 Å². The van der Waals surface area contributed by atoms with Gasteiger partial charge in [0.05, 0.1) is 16.7 Å². The highest BCUT2D eigenvalue weighted by molar-refractivity contribution is 7.89. The molecule has 0 unspecified atom stereocenters. The lowest BCUT2D eigenvalue weighted by molar-refractivity contribution is 0.328. The van der Waals surface area contributed by atoms with Crippen LogP contribution >= 0.6 is 12.2 Å². The first kappa shape index (κ1) is 20.9. The molecule has 0 radical (unpaired) electrons. The molecule has 0 aliphatic heterocycles. The van der Waals surface area contributed by atoms with Gasteiger partial charge in [0.15, 0.2) is 0 Å². The van der Waals surface area contributed by atoms with Gasteiger partial charge in [-0.3, -0.25) is 4.55 Å². The summed E-state index contributed by atoms with van der Waals surface area (Å²) in [7, 11) is -4.24. The highest BCUT2D eigenvalue weighted by Gasteiger charge is 2.13. The number of benzene rings is 1. The second-order valence-corrected chi connectivity index (χ2v) is 7.29. The van der Waals surface area contributed by atoms with Crippen LogP contribution in [-0.2, 0) is 10.1 Å². The van der Waals surface area contributed by atoms with E-state index in [0.29, 0.717) is 37.1 Å². The van der Waals surface area contributed by atoms with Crippen LogP contribution in [0.2, 0.25) is 0 Å². The molecule has 27 heavy (non-hydrogen) atoms. The van der Waals surface area contributed by atoms with Crippen molar-refractivity contribution in [2.75, 3.05) is 18.9 Å². The van der Waals surface area contributed by atoms with Crippen LogP contribution in [0.25, 0.3) is 10.9 Å². The van der Waals surface area contributed by atoms with Crippen molar-refractivity contribution >= 4 is 44.3 Å². The lowest BCUT2D eigenvalue weighted by Gasteiger charge is -2.08. The van der Waals surface area contributed by atoms with Gasteiger partial charge in [-0.05, 0) is 37.5 Å². The van der Waals surface area contributed by atoms with E-state index in [2.05, 4.69) is 32.3 Å². The number of nitrogen functional groups attached to an aromatic ring is 1. The van der Waals surface area contributed by atoms with E-state index in [4.69, 9.17) is 10.5 Å². The second kappa shape index (κ2) is 10.1. The number of anilines is 1. The summed E-state index contributed by atoms with van der Waals surface area (Å²) in [5, 5.41) is 3.04. The zero-order chi connectivity index (χ0) is 19.7. The maximum Gasteiger partial charge on any atom is 0.290 e. The van der Waals surface area contributed by atoms with Gasteiger partial charge in [-0.2, -0.15) is 8.42 Å². The van der Waals surface area contributed by atoms with Crippen molar-refractivity contribution < 1.29 is 17.7 Å². The number of ether oxygens (including phenoxy) is 1. The quantitative estimate of drug-likeness (QED) is 0.266. The molecule has 2 aromatic rings. The Bertz CT molecular complexity index is 970. The first-order chi connectivity index (χ1) is 12.9. The molecule has 10 heteroatoms. The Hall–Kier alpha value is -2.39. The van der Waals surface area contributed by atoms with Gasteiger partial charge in [0.1, 0.15) is 11.3 Å². The van der Waals surface area contributed by atoms with Crippen LogP contribution in [0.3, 0.4) is 0 Å². The monoisotopic (exact) mass is 408 g/mol. The van der Waals surface area contributed by atoms with E-state index in [-0.39, 0.29) is 23.9 Å². The average molecular weight is 409 g/mol. The Morgan fingerprint density at radius 3 is 2.96 bits per heavy atom. The summed E-state index contributed by atoms with van der Waals surface area (Å²) >= 11 is 4.47. The number of aliphatic imine (C=N–C) groups is 1. The number of thiocarbonyl (C=S) groups is 1. The Morgan fingerprint density at radius 2 is 2.22 bits per heavy atom. The molecular weight excluding hydrogens is 388 g/mol. The molecular formula is C17H20N4O4S2. The number of allylic oxidation sites excluding steroid dienone is 1. The molecule has 0 aliphatic carbocycles. The van der Waals surface area contributed by atoms with Crippen LogP contribution in [0.5, 0.6) is 5.75 Å². The van der Waals surface area contributed by atoms with Gasteiger partial charge >= 0.3 is 0 Å². The van der Waals surface area contributed by atoms with Crippen molar-refractivity contribution in [2.45, 2.75) is 25.7 Å². The number of rotatable bonds is 10. The van der Waals surface area contributed by atoms with Crippen molar-refractivity contribution in [1.82, 2.24) is 9.97 Å². The van der Waals surface area contributed by atoms with Crippen molar-refractivity contribution in [3.8, 4) is 5.75 Å². The maximum atomic E-state index is 11.5. The lowest BCUT2D eigenvalue weighted by Crippen LogP contribution is -2.04. The summed E-state index contributed by atoms with van der Waals surface area (Å²) in [6, 6.07) is 5.39. The number of aromatic nitrogens is 2. The Morgan fingerprint density at radius 1 is 1.41 bits per heavy atom. The molecule has 0 saturated carbocycles. The fourth-order valence-electron chi connectivity index (χ4n) is 2.42. The molecule has 0 bridgehead atoms. The van der Waals surface area contributed by atoms with Gasteiger partial charge in [-0.15, -0.1) is 0 Å². The molecule has 2 rings (SSSR count). The molecule has 1 aromatic carbocycles. The number of nitrogens with two attached hydrogens (primary N) is 1. The number of para-hydroxylation sites is 1. The van der Waals surface area contributed by atoms with E-state index >= 15 is 0 Å². The van der Waals surface area contributed by atoms with Crippen molar-refractivity contribution in [1.29, 1.82) is 0 Å². The Labute approximate surface area is 162 Å². The minimum atomic E-state index is -4.24. The largest absolute Gasteiger partial charge is 0.491 e. The third kappa shape index (κ3) is 6.69. The zero-order valence-corrected chi connectivity index (χ0v) is 16.2. The van der Waals surface area contributed by atoms with Crippen LogP contribution in [0.4, 0.5) is 5.95 Å². The molecule has 0 atom stereocenters. The molecule has 0 spiro atoms. The first-order valence-electron chi connectivity index (χ1n) is 8.26. The van der Waals surface area contributed by atoms with E-state index in [1.807, 2.05) is 6.07 Å². The van der Waals surface area contributed by atoms with Crippen LogP contribution in [-0.4, -0.2) is 41.3 Å². The van der Waals surface area contributed by atoms with Gasteiger partial charge in [-0.25, -0.2) is 15.0 Å². The average Bonchev–Trinajstić information content (AvgIpc) is 2.62. The molecule has 144 valence electrons. The van der Waals surface area contributed by atoms with Crippen LogP contribution < -0.4 is 10.5 Å². The fraction of sp³-hybridized carbons (Fsp3) is 0.353. The van der Waals surface area contributed by atoms with E-state index in [1.54, 1.807) is 18.3 Å². The maximum absolute atomic E-state index is 11.5. The molecule has 0 amide bonds. The molecule has 1 heterocycles. The molecule has 0 fully saturated rings. The Kier molecular flexibility index (Phi) is 7.81. The minimum Gasteiger partial charge on any atom is -0.491 e. The smallest absolute Gasteiger partial charge is 0.290 e. The van der Waals surface area contributed by atoms with Gasteiger partial charge in [0.2, 0.25) is 5.95 Å². The van der Waals surface area contributed by atoms with Crippen LogP contribution in [0.1, 0.15) is 25.7 Å². The van der Waals surface area contributed by atoms with Gasteiger partial charge in [-0.1, -0.05) is 18.2 Å². The number of hydrogen-bond acceptors (Lipinski definition) is 8. The fourth-order valence-corrected chi connectivity index (χ4v) is 3.24. The van der Waals surface area contributed by atoms with E-state index in [0.717, 1.165) is 5.39 Å². The lowest BCUT2D eigenvalue weighted by atomic mass is 10.2. The summed E-state index contributed by atoms with van der Waals surface area (Å²) in [6.07, 6.45) is 4.82. The second-order valence-electron chi connectivity index (χ2n) is 5.63. The summed E-state index contributed by atoms with van der Waals surface area (Å²) in [5.41, 5.74) is 6.20. The minimum absolute atomic E-state index is 0.0260. The number of isothiocyanates is 1. The molecule has 8 nitrogen and oxygen atoms in total. The van der Waals surface area contributed by atoms with Crippen molar-refractivity contribution in [3.05, 3.63) is 35.4 Å². The van der Waals surface area contributed by atoms with Crippen LogP contribution in [0.15, 0.2) is 40.4 Å². The van der Waals surface area contributed by atoms with E-state index in [9.17, 15) is 13.0 Å². The summed E-state index contributed by atoms with van der Waals surface area (Å²) in [4.78, 5) is 11.8. The normalized spacial score (nSPS) is 12.0. The van der Waals surface area contributed by atoms with Crippen LogP contribution in [0, 0.1) is 0 Å². The first-order valence-corrected chi connectivity index (χ1v) is 10.1. The third-order valence-electron chi connectivity index (χ3n) is 3.68. The summed E-state index contributed by atoms with van der Waals surface area (Å²) in [5.74, 6) is 0.673. The molecule has 0 saturated heterocycles. The number of unbranched alkanes of at least 4 members (excludes halogenated alkanes) is 1. The standard InChI is InChI=1S/C17H20N4O4S2/c18-17-20-11-13-5-3-8-15(16(13)21-17)25-10-4-7-14(27(22,23)24)6-1-2-9-19-12-26/h3,5,7-8,11H,1-2,4,6,9-10H2,(H2,18,20,21)(H,22,23,24). The van der Waals surface area contributed by atoms with Crippen molar-refractivity contribution in [3.63, 3.8) is 0 Å². The molecule has 0 aliphatic rings. The van der Waals surface area contributed by atoms with E-state index in [1.165, 1.54) is 6.08 Å². The third-order valence-corrected chi connectivity index (χ3v) is 4.84. The number of nitrogens with zero attached hydrogens (tertiary/aromatic N) is 3. The predicted octanol–water partition coefficient (Wildman–Crippen LogP) is 3.03. The van der Waals surface area contributed by atoms with Gasteiger partial charge < -0.3 is 10.5 Å². The summed E-state index contributed by atoms with van der Waals surface area (Å²) < 4.78 is 38.0. The number of fused-ring (bicyclic) bond motifs is 1. The number of hydrogen-bond donors (Lipinski definition) is 2. The van der Waals surface area contributed by atoms with E-state index < -0.39 is 10.1 Å². The molecule has 1 aromatic heterocycles. The summed E-state index contributed by atoms with van der Waals surface area (Å²) in [6.45, 7) is 0.703. The highest BCUT2D eigenvalue weighted by Crippen LogP contribution is 2.24. The van der Waals surface area contributed by atoms with Gasteiger partial charge in [0, 0.05) is 24.5 Å². The Balaban J connectivity index is 1.97. The SMILES string of the molecule is Nc1ncc2cccc(OCCC=C(CCCCN=C=S)S(=O)(=O)O)c2n1. The molecule has 3 N–H and O–H groups in total. The highest BCUT2D eigenvalue weighted by atomic mass is 32.2.